The summed E-state index contributed by atoms with van der Waals surface area (Å²) in [5.41, 5.74) is 13.6. The van der Waals surface area contributed by atoms with Gasteiger partial charge in [-0.05, 0) is 23.8 Å². The smallest absolute Gasteiger partial charge is 0.146 e. The minimum Gasteiger partial charge on any atom is -0.399 e. The van der Waals surface area contributed by atoms with Gasteiger partial charge in [0.1, 0.15) is 5.82 Å². The molecule has 0 saturated carbocycles. The van der Waals surface area contributed by atoms with Gasteiger partial charge in [0.2, 0.25) is 0 Å². The van der Waals surface area contributed by atoms with E-state index in [0.29, 0.717) is 11.3 Å². The van der Waals surface area contributed by atoms with Crippen molar-refractivity contribution in [1.82, 2.24) is 0 Å². The van der Waals surface area contributed by atoms with Crippen molar-refractivity contribution in [2.75, 3.05) is 11.5 Å². The molecule has 76 valence electrons. The molecule has 0 spiro atoms. The molecule has 0 aromatic heterocycles. The molecule has 2 aromatic carbocycles. The minimum atomic E-state index is -0.407. The second-order valence-electron chi connectivity index (χ2n) is 3.33. The number of nitrogens with two attached hydrogens (primary N) is 2. The van der Waals surface area contributed by atoms with Crippen molar-refractivity contribution in [3.8, 4) is 11.1 Å². The maximum atomic E-state index is 13.2. The van der Waals surface area contributed by atoms with Gasteiger partial charge in [-0.2, -0.15) is 0 Å². The van der Waals surface area contributed by atoms with Gasteiger partial charge >= 0.3 is 0 Å². The van der Waals surface area contributed by atoms with E-state index in [9.17, 15) is 4.39 Å². The van der Waals surface area contributed by atoms with Gasteiger partial charge in [-0.15, -0.1) is 0 Å². The van der Waals surface area contributed by atoms with Gasteiger partial charge in [-0.3, -0.25) is 0 Å². The zero-order valence-corrected chi connectivity index (χ0v) is 8.07. The normalized spacial score (nSPS) is 10.2. The lowest BCUT2D eigenvalue weighted by atomic mass is 10.0. The molecular weight excluding hydrogens is 191 g/mol. The second-order valence-corrected chi connectivity index (χ2v) is 3.33. The molecule has 0 aliphatic carbocycles. The van der Waals surface area contributed by atoms with Crippen molar-refractivity contribution >= 4 is 11.4 Å². The first kappa shape index (κ1) is 9.52. The molecule has 0 bridgehead atoms. The highest BCUT2D eigenvalue weighted by atomic mass is 19.1. The molecule has 2 nitrogen and oxygen atoms in total. The zero-order chi connectivity index (χ0) is 10.8. The summed E-state index contributed by atoms with van der Waals surface area (Å²) in [4.78, 5) is 0. The van der Waals surface area contributed by atoms with Crippen LogP contribution in [0.15, 0.2) is 42.5 Å². The van der Waals surface area contributed by atoms with E-state index in [2.05, 4.69) is 0 Å². The molecule has 0 fully saturated rings. The van der Waals surface area contributed by atoms with Crippen molar-refractivity contribution in [1.29, 1.82) is 0 Å². The van der Waals surface area contributed by atoms with Crippen LogP contribution < -0.4 is 11.5 Å². The third-order valence-corrected chi connectivity index (χ3v) is 2.25. The maximum absolute atomic E-state index is 13.2. The fourth-order valence-electron chi connectivity index (χ4n) is 1.49. The predicted molar refractivity (Wildman–Crippen MR) is 60.7 cm³/mol. The van der Waals surface area contributed by atoms with Gasteiger partial charge in [-0.25, -0.2) is 4.39 Å². The van der Waals surface area contributed by atoms with Crippen molar-refractivity contribution in [2.45, 2.75) is 0 Å². The summed E-state index contributed by atoms with van der Waals surface area (Å²) in [6.07, 6.45) is 0. The lowest BCUT2D eigenvalue weighted by Gasteiger charge is -2.06. The van der Waals surface area contributed by atoms with Gasteiger partial charge in [0.05, 0.1) is 5.69 Å². The number of rotatable bonds is 1. The van der Waals surface area contributed by atoms with E-state index in [1.165, 1.54) is 6.07 Å². The summed E-state index contributed by atoms with van der Waals surface area (Å²) < 4.78 is 13.2. The molecule has 15 heavy (non-hydrogen) atoms. The lowest BCUT2D eigenvalue weighted by Crippen LogP contribution is -1.94. The third kappa shape index (κ3) is 1.76. The zero-order valence-electron chi connectivity index (χ0n) is 8.07. The van der Waals surface area contributed by atoms with E-state index in [1.807, 2.05) is 12.1 Å². The fourth-order valence-corrected chi connectivity index (χ4v) is 1.49. The second kappa shape index (κ2) is 3.61. The quantitative estimate of drug-likeness (QED) is 0.698. The Morgan fingerprint density at radius 2 is 1.67 bits per heavy atom. The van der Waals surface area contributed by atoms with Crippen molar-refractivity contribution in [3.05, 3.63) is 48.3 Å². The largest absolute Gasteiger partial charge is 0.399 e. The van der Waals surface area contributed by atoms with Gasteiger partial charge in [0, 0.05) is 11.3 Å². The highest BCUT2D eigenvalue weighted by molar-refractivity contribution is 5.78. The van der Waals surface area contributed by atoms with Crippen molar-refractivity contribution in [3.63, 3.8) is 0 Å². The van der Waals surface area contributed by atoms with Crippen LogP contribution in [0.2, 0.25) is 0 Å². The summed E-state index contributed by atoms with van der Waals surface area (Å²) in [5.74, 6) is -0.407. The van der Waals surface area contributed by atoms with E-state index in [1.54, 1.807) is 24.3 Å². The molecule has 0 amide bonds. The first-order chi connectivity index (χ1) is 7.18. The topological polar surface area (TPSA) is 52.0 Å². The molecule has 0 atom stereocenters. The van der Waals surface area contributed by atoms with E-state index < -0.39 is 5.82 Å². The Hall–Kier alpha value is -2.03. The van der Waals surface area contributed by atoms with Crippen LogP contribution in [0.1, 0.15) is 0 Å². The maximum Gasteiger partial charge on any atom is 0.146 e. The van der Waals surface area contributed by atoms with Gasteiger partial charge < -0.3 is 11.5 Å². The molecule has 0 heterocycles. The van der Waals surface area contributed by atoms with E-state index in [4.69, 9.17) is 11.5 Å². The number of hydrogen-bond acceptors (Lipinski definition) is 2. The number of anilines is 2. The molecule has 3 heteroatoms. The lowest BCUT2D eigenvalue weighted by molar-refractivity contribution is 0.633. The van der Waals surface area contributed by atoms with Crippen molar-refractivity contribution in [2.24, 2.45) is 0 Å². The Morgan fingerprint density at radius 3 is 2.40 bits per heavy atom. The number of benzene rings is 2. The number of hydrogen-bond donors (Lipinski definition) is 2. The van der Waals surface area contributed by atoms with Crippen LogP contribution in [0.5, 0.6) is 0 Å². The molecule has 0 saturated heterocycles. The monoisotopic (exact) mass is 202 g/mol. The third-order valence-electron chi connectivity index (χ3n) is 2.25. The summed E-state index contributed by atoms with van der Waals surface area (Å²) >= 11 is 0. The standard InChI is InChI=1S/C12H11FN2/c13-11-6-2-5-10(12(11)15)8-3-1-4-9(14)7-8/h1-7H,14-15H2. The SMILES string of the molecule is Nc1cccc(-c2cccc(F)c2N)c1. The molecule has 2 aromatic rings. The van der Waals surface area contributed by atoms with Gasteiger partial charge in [0.15, 0.2) is 0 Å². The summed E-state index contributed by atoms with van der Waals surface area (Å²) in [6, 6.07) is 11.9. The minimum absolute atomic E-state index is 0.156. The molecule has 0 unspecified atom stereocenters. The molecule has 4 N–H and O–H groups in total. The first-order valence-electron chi connectivity index (χ1n) is 4.58. The Balaban J connectivity index is 2.59. The van der Waals surface area contributed by atoms with Crippen LogP contribution >= 0.6 is 0 Å². The average Bonchev–Trinajstić information content (AvgIpc) is 2.22. The van der Waals surface area contributed by atoms with Crippen LogP contribution in [-0.4, -0.2) is 0 Å². The summed E-state index contributed by atoms with van der Waals surface area (Å²) in [7, 11) is 0. The summed E-state index contributed by atoms with van der Waals surface area (Å²) in [6.45, 7) is 0. The van der Waals surface area contributed by atoms with E-state index in [-0.39, 0.29) is 5.69 Å². The van der Waals surface area contributed by atoms with Crippen LogP contribution in [-0.2, 0) is 0 Å². The molecule has 0 radical (unpaired) electrons. The molecular formula is C12H11FN2. The molecule has 0 aliphatic rings. The first-order valence-corrected chi connectivity index (χ1v) is 4.58. The van der Waals surface area contributed by atoms with E-state index in [0.717, 1.165) is 5.56 Å². The number of para-hydroxylation sites is 1. The Kier molecular flexibility index (Phi) is 2.29. The highest BCUT2D eigenvalue weighted by Crippen LogP contribution is 2.28. The Morgan fingerprint density at radius 1 is 0.933 bits per heavy atom. The van der Waals surface area contributed by atoms with Gasteiger partial charge in [-0.1, -0.05) is 24.3 Å². The van der Waals surface area contributed by atoms with Crippen molar-refractivity contribution < 1.29 is 4.39 Å². The van der Waals surface area contributed by atoms with Crippen LogP contribution in [0.25, 0.3) is 11.1 Å². The number of nitrogen functional groups attached to an aromatic ring is 2. The summed E-state index contributed by atoms with van der Waals surface area (Å²) in [5, 5.41) is 0. The molecule has 0 aliphatic heterocycles. The van der Waals surface area contributed by atoms with Gasteiger partial charge in [0.25, 0.3) is 0 Å². The predicted octanol–water partition coefficient (Wildman–Crippen LogP) is 2.66. The fraction of sp³-hybridized carbons (Fsp3) is 0. The van der Waals surface area contributed by atoms with E-state index >= 15 is 0 Å². The molecule has 2 rings (SSSR count). The highest BCUT2D eigenvalue weighted by Gasteiger charge is 2.06. The van der Waals surface area contributed by atoms with Crippen LogP contribution in [0.4, 0.5) is 15.8 Å². The Bertz CT molecular complexity index is 495. The van der Waals surface area contributed by atoms with Crippen LogP contribution in [0.3, 0.4) is 0 Å². The average molecular weight is 202 g/mol. The number of halogens is 1. The van der Waals surface area contributed by atoms with Crippen LogP contribution in [0, 0.1) is 5.82 Å². The Labute approximate surface area is 87.3 Å².